The van der Waals surface area contributed by atoms with Gasteiger partial charge in [-0.15, -0.1) is 0 Å². The molecule has 0 aliphatic heterocycles. The van der Waals surface area contributed by atoms with E-state index < -0.39 is 0 Å². The number of aryl methyl sites for hydroxylation is 2. The fourth-order valence-electron chi connectivity index (χ4n) is 2.68. The maximum Gasteiger partial charge on any atom is 0.248 e. The van der Waals surface area contributed by atoms with Crippen LogP contribution in [0.5, 0.6) is 11.5 Å². The van der Waals surface area contributed by atoms with Gasteiger partial charge in [-0.2, -0.15) is 0 Å². The van der Waals surface area contributed by atoms with Crippen molar-refractivity contribution >= 4 is 17.7 Å². The molecule has 0 bridgehead atoms. The Hall–Kier alpha value is -2.75. The van der Waals surface area contributed by atoms with E-state index in [0.717, 1.165) is 28.8 Å². The lowest BCUT2D eigenvalue weighted by molar-refractivity contribution is -0.111. The van der Waals surface area contributed by atoms with Crippen LogP contribution in [0.1, 0.15) is 37.5 Å². The van der Waals surface area contributed by atoms with Crippen LogP contribution in [-0.4, -0.2) is 19.1 Å². The average Bonchev–Trinajstić information content (AvgIpc) is 2.62. The summed E-state index contributed by atoms with van der Waals surface area (Å²) in [5, 5.41) is 2.98. The second-order valence-electron chi connectivity index (χ2n) is 6.36. The molecule has 1 amide bonds. The van der Waals surface area contributed by atoms with Crippen molar-refractivity contribution in [1.82, 2.24) is 0 Å². The molecular formula is C22H27NO3. The van der Waals surface area contributed by atoms with E-state index in [1.165, 1.54) is 6.08 Å². The molecule has 4 nitrogen and oxygen atoms in total. The molecule has 2 aromatic carbocycles. The first-order valence-electron chi connectivity index (χ1n) is 8.86. The number of amides is 1. The molecule has 0 spiro atoms. The van der Waals surface area contributed by atoms with Crippen LogP contribution in [0, 0.1) is 6.92 Å². The SMILES string of the molecule is CCc1cccc(C)c1NC(=O)/C=C/c1ccc(OC(C)C)c(OC)c1. The van der Waals surface area contributed by atoms with Gasteiger partial charge in [-0.3, -0.25) is 4.79 Å². The number of benzene rings is 2. The normalized spacial score (nSPS) is 11.0. The van der Waals surface area contributed by atoms with E-state index in [9.17, 15) is 4.79 Å². The Morgan fingerprint density at radius 3 is 2.62 bits per heavy atom. The number of ether oxygens (including phenoxy) is 2. The van der Waals surface area contributed by atoms with Gasteiger partial charge in [0, 0.05) is 11.8 Å². The van der Waals surface area contributed by atoms with Crippen molar-refractivity contribution in [3.63, 3.8) is 0 Å². The predicted octanol–water partition coefficient (Wildman–Crippen LogP) is 5.01. The fraction of sp³-hybridized carbons (Fsp3) is 0.318. The number of rotatable bonds is 7. The predicted molar refractivity (Wildman–Crippen MR) is 107 cm³/mol. The number of methoxy groups -OCH3 is 1. The van der Waals surface area contributed by atoms with Gasteiger partial charge >= 0.3 is 0 Å². The van der Waals surface area contributed by atoms with E-state index in [1.54, 1.807) is 13.2 Å². The summed E-state index contributed by atoms with van der Waals surface area (Å²) >= 11 is 0. The van der Waals surface area contributed by atoms with Gasteiger partial charge in [0.05, 0.1) is 13.2 Å². The molecule has 2 aromatic rings. The maximum atomic E-state index is 12.3. The number of anilines is 1. The third-order valence-corrected chi connectivity index (χ3v) is 3.97. The lowest BCUT2D eigenvalue weighted by Gasteiger charge is -2.14. The molecule has 0 heterocycles. The second kappa shape index (κ2) is 9.09. The molecule has 138 valence electrons. The Labute approximate surface area is 155 Å². The van der Waals surface area contributed by atoms with Crippen LogP contribution in [0.3, 0.4) is 0 Å². The fourth-order valence-corrected chi connectivity index (χ4v) is 2.68. The molecule has 1 N–H and O–H groups in total. The number of carbonyl (C=O) groups excluding carboxylic acids is 1. The van der Waals surface area contributed by atoms with Gasteiger partial charge in [0.15, 0.2) is 11.5 Å². The van der Waals surface area contributed by atoms with Gasteiger partial charge in [-0.1, -0.05) is 31.2 Å². The van der Waals surface area contributed by atoms with Crippen LogP contribution < -0.4 is 14.8 Å². The highest BCUT2D eigenvalue weighted by Gasteiger charge is 2.08. The van der Waals surface area contributed by atoms with E-state index >= 15 is 0 Å². The molecule has 0 saturated heterocycles. The smallest absolute Gasteiger partial charge is 0.248 e. The van der Waals surface area contributed by atoms with Crippen molar-refractivity contribution in [3.05, 3.63) is 59.2 Å². The van der Waals surface area contributed by atoms with E-state index in [2.05, 4.69) is 12.2 Å². The minimum absolute atomic E-state index is 0.0675. The first-order chi connectivity index (χ1) is 12.4. The lowest BCUT2D eigenvalue weighted by Crippen LogP contribution is -2.11. The van der Waals surface area contributed by atoms with E-state index in [-0.39, 0.29) is 12.0 Å². The van der Waals surface area contributed by atoms with Gasteiger partial charge in [0.2, 0.25) is 5.91 Å². The van der Waals surface area contributed by atoms with Crippen molar-refractivity contribution in [2.24, 2.45) is 0 Å². The van der Waals surface area contributed by atoms with Crippen molar-refractivity contribution < 1.29 is 14.3 Å². The van der Waals surface area contributed by atoms with Gasteiger partial charge in [-0.05, 0) is 62.1 Å². The lowest BCUT2D eigenvalue weighted by atomic mass is 10.1. The van der Waals surface area contributed by atoms with Crippen molar-refractivity contribution in [1.29, 1.82) is 0 Å². The Kier molecular flexibility index (Phi) is 6.84. The van der Waals surface area contributed by atoms with Crippen LogP contribution in [0.2, 0.25) is 0 Å². The molecule has 0 unspecified atom stereocenters. The van der Waals surface area contributed by atoms with E-state index in [4.69, 9.17) is 9.47 Å². The molecule has 0 fully saturated rings. The highest BCUT2D eigenvalue weighted by Crippen LogP contribution is 2.29. The summed E-state index contributed by atoms with van der Waals surface area (Å²) in [6.45, 7) is 8.01. The molecule has 0 radical (unpaired) electrons. The summed E-state index contributed by atoms with van der Waals surface area (Å²) in [6, 6.07) is 11.6. The quantitative estimate of drug-likeness (QED) is 0.712. The zero-order valence-electron chi connectivity index (χ0n) is 16.1. The number of para-hydroxylation sites is 1. The third kappa shape index (κ3) is 5.12. The first kappa shape index (κ1) is 19.6. The Morgan fingerprint density at radius 1 is 1.19 bits per heavy atom. The van der Waals surface area contributed by atoms with Crippen molar-refractivity contribution in [2.75, 3.05) is 12.4 Å². The molecule has 0 aliphatic carbocycles. The second-order valence-corrected chi connectivity index (χ2v) is 6.36. The molecule has 26 heavy (non-hydrogen) atoms. The molecule has 0 aromatic heterocycles. The van der Waals surface area contributed by atoms with Crippen LogP contribution in [0.25, 0.3) is 6.08 Å². The first-order valence-corrected chi connectivity index (χ1v) is 8.86. The molecule has 2 rings (SSSR count). The number of hydrogen-bond donors (Lipinski definition) is 1. The number of hydrogen-bond acceptors (Lipinski definition) is 3. The zero-order chi connectivity index (χ0) is 19.1. The maximum absolute atomic E-state index is 12.3. The zero-order valence-corrected chi connectivity index (χ0v) is 16.1. The van der Waals surface area contributed by atoms with Crippen LogP contribution >= 0.6 is 0 Å². The summed E-state index contributed by atoms with van der Waals surface area (Å²) in [4.78, 5) is 12.3. The van der Waals surface area contributed by atoms with Crippen LogP contribution in [-0.2, 0) is 11.2 Å². The van der Waals surface area contributed by atoms with Crippen molar-refractivity contribution in [3.8, 4) is 11.5 Å². The average molecular weight is 353 g/mol. The molecular weight excluding hydrogens is 326 g/mol. The highest BCUT2D eigenvalue weighted by atomic mass is 16.5. The number of carbonyl (C=O) groups is 1. The van der Waals surface area contributed by atoms with E-state index in [0.29, 0.717) is 11.5 Å². The Morgan fingerprint density at radius 2 is 1.96 bits per heavy atom. The summed E-state index contributed by atoms with van der Waals surface area (Å²) in [6.07, 6.45) is 4.23. The minimum atomic E-state index is -0.157. The number of nitrogens with one attached hydrogen (secondary N) is 1. The standard InChI is InChI=1S/C22H27NO3/c1-6-18-9-7-8-16(4)22(18)23-21(24)13-11-17-10-12-19(26-15(2)3)20(14-17)25-5/h7-15H,6H2,1-5H3,(H,23,24)/b13-11+. The van der Waals surface area contributed by atoms with Gasteiger partial charge in [0.25, 0.3) is 0 Å². The van der Waals surface area contributed by atoms with Crippen molar-refractivity contribution in [2.45, 2.75) is 40.2 Å². The summed E-state index contributed by atoms with van der Waals surface area (Å²) in [7, 11) is 1.60. The minimum Gasteiger partial charge on any atom is -0.493 e. The summed E-state index contributed by atoms with van der Waals surface area (Å²) < 4.78 is 11.1. The molecule has 4 heteroatoms. The van der Waals surface area contributed by atoms with Gasteiger partial charge < -0.3 is 14.8 Å². The van der Waals surface area contributed by atoms with Crippen LogP contribution in [0.15, 0.2) is 42.5 Å². The van der Waals surface area contributed by atoms with Gasteiger partial charge in [-0.25, -0.2) is 0 Å². The highest BCUT2D eigenvalue weighted by molar-refractivity contribution is 6.02. The van der Waals surface area contributed by atoms with E-state index in [1.807, 2.05) is 57.2 Å². The van der Waals surface area contributed by atoms with Gasteiger partial charge in [0.1, 0.15) is 0 Å². The monoisotopic (exact) mass is 353 g/mol. The third-order valence-electron chi connectivity index (χ3n) is 3.97. The molecule has 0 atom stereocenters. The Bertz CT molecular complexity index is 794. The topological polar surface area (TPSA) is 47.6 Å². The Balaban J connectivity index is 2.13. The summed E-state index contributed by atoms with van der Waals surface area (Å²) in [5.74, 6) is 1.18. The largest absolute Gasteiger partial charge is 0.493 e. The van der Waals surface area contributed by atoms with Crippen LogP contribution in [0.4, 0.5) is 5.69 Å². The summed E-state index contributed by atoms with van der Waals surface area (Å²) in [5.41, 5.74) is 3.95. The molecule has 0 saturated carbocycles. The molecule has 0 aliphatic rings.